The van der Waals surface area contributed by atoms with Crippen LogP contribution in [0.15, 0.2) is 6.33 Å². The fourth-order valence-corrected chi connectivity index (χ4v) is 1.83. The zero-order valence-corrected chi connectivity index (χ0v) is 7.77. The maximum absolute atomic E-state index is 9.23. The van der Waals surface area contributed by atoms with Crippen molar-refractivity contribution in [3.05, 3.63) is 11.3 Å². The van der Waals surface area contributed by atoms with Crippen LogP contribution in [-0.2, 0) is 0 Å². The van der Waals surface area contributed by atoms with Crippen molar-refractivity contribution in [3.8, 4) is 0 Å². The van der Waals surface area contributed by atoms with Gasteiger partial charge in [0, 0.05) is 0 Å². The van der Waals surface area contributed by atoms with Gasteiger partial charge in [0.2, 0.25) is 4.96 Å². The fourth-order valence-electron chi connectivity index (χ4n) is 0.916. The first-order valence-corrected chi connectivity index (χ1v) is 4.60. The van der Waals surface area contributed by atoms with Gasteiger partial charge in [-0.3, -0.25) is 0 Å². The number of aliphatic hydroxyl groups is 1. The monoisotopic (exact) mass is 199 g/mol. The lowest BCUT2D eigenvalue weighted by atomic mass is 10.2. The third kappa shape index (κ3) is 1.41. The van der Waals surface area contributed by atoms with Crippen LogP contribution in [0.3, 0.4) is 0 Å². The maximum atomic E-state index is 9.23. The number of aliphatic hydroxyl groups excluding tert-OH is 1. The molecule has 2 atom stereocenters. The minimum absolute atomic E-state index is 0.452. The van der Waals surface area contributed by atoms with Gasteiger partial charge in [0.05, 0.1) is 12.1 Å². The summed E-state index contributed by atoms with van der Waals surface area (Å²) in [5, 5.41) is 21.5. The molecule has 2 aromatic rings. The Hall–Kier alpha value is -1.05. The molecule has 2 heterocycles. The van der Waals surface area contributed by atoms with Crippen molar-refractivity contribution in [3.63, 3.8) is 0 Å². The molecule has 0 aliphatic rings. The second-order valence-corrected chi connectivity index (χ2v) is 3.75. The Labute approximate surface area is 78.0 Å². The number of nitrogens with two attached hydrogens (primary N) is 1. The Bertz CT molecular complexity index is 379. The van der Waals surface area contributed by atoms with Gasteiger partial charge in [-0.2, -0.15) is 9.61 Å². The van der Waals surface area contributed by atoms with Crippen molar-refractivity contribution in [1.29, 1.82) is 0 Å². The minimum Gasteiger partial charge on any atom is -0.391 e. The summed E-state index contributed by atoms with van der Waals surface area (Å²) in [6, 6.07) is -0.452. The number of nitrogens with zero attached hydrogens (tertiary/aromatic N) is 4. The van der Waals surface area contributed by atoms with E-state index in [0.717, 1.165) is 0 Å². The van der Waals surface area contributed by atoms with E-state index in [-0.39, 0.29) is 0 Å². The van der Waals surface area contributed by atoms with E-state index in [2.05, 4.69) is 15.3 Å². The molecule has 13 heavy (non-hydrogen) atoms. The molecule has 0 saturated carbocycles. The van der Waals surface area contributed by atoms with Gasteiger partial charge < -0.3 is 10.8 Å². The summed E-state index contributed by atoms with van der Waals surface area (Å²) >= 11 is 1.33. The first-order chi connectivity index (χ1) is 6.18. The van der Waals surface area contributed by atoms with Crippen LogP contribution >= 0.6 is 11.3 Å². The van der Waals surface area contributed by atoms with Gasteiger partial charge in [0.1, 0.15) is 11.3 Å². The molecule has 0 spiro atoms. The molecule has 0 radical (unpaired) electrons. The molecule has 0 aliphatic heterocycles. The van der Waals surface area contributed by atoms with Gasteiger partial charge in [0.15, 0.2) is 0 Å². The van der Waals surface area contributed by atoms with Crippen LogP contribution in [0, 0.1) is 0 Å². The average molecular weight is 199 g/mol. The zero-order valence-electron chi connectivity index (χ0n) is 6.95. The van der Waals surface area contributed by atoms with Crippen LogP contribution < -0.4 is 5.73 Å². The molecule has 7 heteroatoms. The highest BCUT2D eigenvalue weighted by Crippen LogP contribution is 2.19. The quantitative estimate of drug-likeness (QED) is 0.684. The molecule has 0 aliphatic carbocycles. The largest absolute Gasteiger partial charge is 0.391 e. The molecule has 0 aromatic carbocycles. The summed E-state index contributed by atoms with van der Waals surface area (Å²) in [7, 11) is 0. The van der Waals surface area contributed by atoms with Crippen LogP contribution in [0.2, 0.25) is 0 Å². The first-order valence-electron chi connectivity index (χ1n) is 3.79. The standard InChI is InChI=1S/C6H9N5OS/c1-3(12)4(7)5-10-11-2-8-9-6(11)13-5/h2-4,12H,7H2,1H3. The molecular weight excluding hydrogens is 190 g/mol. The molecule has 0 bridgehead atoms. The van der Waals surface area contributed by atoms with Gasteiger partial charge in [-0.1, -0.05) is 11.3 Å². The van der Waals surface area contributed by atoms with Crippen molar-refractivity contribution >= 4 is 16.3 Å². The van der Waals surface area contributed by atoms with Gasteiger partial charge in [-0.05, 0) is 6.92 Å². The second-order valence-electron chi connectivity index (χ2n) is 2.76. The SMILES string of the molecule is CC(O)C(N)c1nn2cnnc2s1. The molecule has 0 saturated heterocycles. The highest BCUT2D eigenvalue weighted by molar-refractivity contribution is 7.16. The summed E-state index contributed by atoms with van der Waals surface area (Å²) in [6.07, 6.45) is 0.896. The molecule has 0 amide bonds. The summed E-state index contributed by atoms with van der Waals surface area (Å²) in [4.78, 5) is 0.686. The van der Waals surface area contributed by atoms with Gasteiger partial charge in [-0.25, -0.2) is 0 Å². The second kappa shape index (κ2) is 3.02. The van der Waals surface area contributed by atoms with Crippen LogP contribution in [0.25, 0.3) is 4.96 Å². The predicted octanol–water partition coefficient (Wildman–Crippen LogP) is -0.434. The molecule has 2 unspecified atom stereocenters. The lowest BCUT2D eigenvalue weighted by molar-refractivity contribution is 0.163. The third-order valence-corrected chi connectivity index (χ3v) is 2.72. The number of hydrogen-bond acceptors (Lipinski definition) is 6. The Kier molecular flexibility index (Phi) is 1.98. The highest BCUT2D eigenvalue weighted by Gasteiger charge is 2.17. The summed E-state index contributed by atoms with van der Waals surface area (Å²) < 4.78 is 1.54. The Morgan fingerprint density at radius 2 is 2.46 bits per heavy atom. The summed E-state index contributed by atoms with van der Waals surface area (Å²) in [5.41, 5.74) is 5.70. The highest BCUT2D eigenvalue weighted by atomic mass is 32.1. The van der Waals surface area contributed by atoms with E-state index >= 15 is 0 Å². The lowest BCUT2D eigenvalue weighted by Crippen LogP contribution is -2.23. The van der Waals surface area contributed by atoms with E-state index in [1.807, 2.05) is 0 Å². The number of hydrogen-bond donors (Lipinski definition) is 2. The number of rotatable bonds is 2. The fraction of sp³-hybridized carbons (Fsp3) is 0.500. The average Bonchev–Trinajstić information content (AvgIpc) is 2.59. The van der Waals surface area contributed by atoms with Gasteiger partial charge >= 0.3 is 0 Å². The van der Waals surface area contributed by atoms with E-state index < -0.39 is 12.1 Å². The topological polar surface area (TPSA) is 89.3 Å². The molecule has 3 N–H and O–H groups in total. The zero-order chi connectivity index (χ0) is 9.42. The lowest BCUT2D eigenvalue weighted by Gasteiger charge is -2.09. The van der Waals surface area contributed by atoms with E-state index in [9.17, 15) is 5.11 Å². The first kappa shape index (κ1) is 8.54. The summed E-state index contributed by atoms with van der Waals surface area (Å²) in [6.45, 7) is 1.63. The van der Waals surface area contributed by atoms with E-state index in [0.29, 0.717) is 9.97 Å². The molecule has 2 rings (SSSR count). The van der Waals surface area contributed by atoms with Crippen molar-refractivity contribution in [2.45, 2.75) is 19.1 Å². The normalized spacial score (nSPS) is 16.2. The van der Waals surface area contributed by atoms with Crippen molar-refractivity contribution < 1.29 is 5.11 Å². The molecule has 6 nitrogen and oxygen atoms in total. The van der Waals surface area contributed by atoms with Gasteiger partial charge in [0.25, 0.3) is 0 Å². The van der Waals surface area contributed by atoms with Crippen LogP contribution in [0.4, 0.5) is 0 Å². The third-order valence-electron chi connectivity index (χ3n) is 1.71. The van der Waals surface area contributed by atoms with E-state index in [4.69, 9.17) is 5.73 Å². The smallest absolute Gasteiger partial charge is 0.234 e. The van der Waals surface area contributed by atoms with E-state index in [1.54, 1.807) is 11.4 Å². The Morgan fingerprint density at radius 3 is 3.08 bits per heavy atom. The van der Waals surface area contributed by atoms with Crippen molar-refractivity contribution in [2.24, 2.45) is 5.73 Å². The van der Waals surface area contributed by atoms with Crippen molar-refractivity contribution in [1.82, 2.24) is 19.8 Å². The number of fused-ring (bicyclic) bond motifs is 1. The Balaban J connectivity index is 2.39. The number of aromatic nitrogens is 4. The molecule has 2 aromatic heterocycles. The predicted molar refractivity (Wildman–Crippen MR) is 47.3 cm³/mol. The van der Waals surface area contributed by atoms with E-state index in [1.165, 1.54) is 17.7 Å². The van der Waals surface area contributed by atoms with Crippen LogP contribution in [0.5, 0.6) is 0 Å². The summed E-state index contributed by atoms with van der Waals surface area (Å²) in [5.74, 6) is 0. The Morgan fingerprint density at radius 1 is 1.69 bits per heavy atom. The van der Waals surface area contributed by atoms with Gasteiger partial charge in [-0.15, -0.1) is 10.2 Å². The van der Waals surface area contributed by atoms with Crippen molar-refractivity contribution in [2.75, 3.05) is 0 Å². The molecule has 70 valence electrons. The minimum atomic E-state index is -0.608. The van der Waals surface area contributed by atoms with Crippen LogP contribution in [-0.4, -0.2) is 31.0 Å². The molecule has 0 fully saturated rings. The maximum Gasteiger partial charge on any atom is 0.234 e. The molecular formula is C6H9N5OS. The van der Waals surface area contributed by atoms with Crippen LogP contribution in [0.1, 0.15) is 18.0 Å².